The molecule has 1 amide bonds. The van der Waals surface area contributed by atoms with Crippen LogP contribution >= 0.6 is 23.2 Å². The topological polar surface area (TPSA) is 46.3 Å². The minimum absolute atomic E-state index is 0.201. The number of para-hydroxylation sites is 1. The van der Waals surface area contributed by atoms with Gasteiger partial charge in [0.05, 0.1) is 21.3 Å². The van der Waals surface area contributed by atoms with Gasteiger partial charge in [-0.15, -0.1) is 0 Å². The molecule has 0 aliphatic rings. The Balaban J connectivity index is 2.38. The number of nitrogens with two attached hydrogens (primary N) is 1. The number of anilines is 1. The zero-order chi connectivity index (χ0) is 13.1. The maximum atomic E-state index is 12.2. The second-order valence-corrected chi connectivity index (χ2v) is 4.42. The van der Waals surface area contributed by atoms with E-state index in [9.17, 15) is 4.79 Å². The van der Waals surface area contributed by atoms with Gasteiger partial charge in [0.25, 0.3) is 5.91 Å². The summed E-state index contributed by atoms with van der Waals surface area (Å²) >= 11 is 11.9. The van der Waals surface area contributed by atoms with Gasteiger partial charge in [-0.2, -0.15) is 0 Å². The first kappa shape index (κ1) is 12.9. The van der Waals surface area contributed by atoms with Crippen LogP contribution in [-0.2, 0) is 0 Å². The number of amides is 1. The fourth-order valence-electron chi connectivity index (χ4n) is 1.53. The number of hydrazine groups is 1. The molecule has 0 heterocycles. The highest BCUT2D eigenvalue weighted by atomic mass is 35.5. The van der Waals surface area contributed by atoms with Crippen molar-refractivity contribution in [3.05, 3.63) is 64.1 Å². The summed E-state index contributed by atoms with van der Waals surface area (Å²) < 4.78 is 0. The van der Waals surface area contributed by atoms with Crippen molar-refractivity contribution in [3.8, 4) is 0 Å². The summed E-state index contributed by atoms with van der Waals surface area (Å²) in [6.45, 7) is 0. The molecule has 0 aliphatic carbocycles. The molecular weight excluding hydrogens is 271 g/mol. The summed E-state index contributed by atoms with van der Waals surface area (Å²) in [5, 5.41) is 1.57. The van der Waals surface area contributed by atoms with E-state index in [4.69, 9.17) is 29.0 Å². The fourth-order valence-corrected chi connectivity index (χ4v) is 2.09. The van der Waals surface area contributed by atoms with E-state index in [1.807, 2.05) is 6.07 Å². The Morgan fingerprint density at radius 1 is 0.944 bits per heavy atom. The average molecular weight is 281 g/mol. The minimum Gasteiger partial charge on any atom is -0.267 e. The van der Waals surface area contributed by atoms with Gasteiger partial charge in [0.15, 0.2) is 0 Å². The van der Waals surface area contributed by atoms with Gasteiger partial charge >= 0.3 is 0 Å². The van der Waals surface area contributed by atoms with Crippen LogP contribution in [-0.4, -0.2) is 5.91 Å². The highest BCUT2D eigenvalue weighted by Gasteiger charge is 2.19. The largest absolute Gasteiger partial charge is 0.275 e. The number of hydrogen-bond donors (Lipinski definition) is 1. The number of nitrogens with zero attached hydrogens (tertiary/aromatic N) is 1. The van der Waals surface area contributed by atoms with Crippen molar-refractivity contribution >= 4 is 34.8 Å². The van der Waals surface area contributed by atoms with Gasteiger partial charge < -0.3 is 0 Å². The average Bonchev–Trinajstić information content (AvgIpc) is 2.38. The van der Waals surface area contributed by atoms with Crippen molar-refractivity contribution in [1.82, 2.24) is 0 Å². The van der Waals surface area contributed by atoms with Crippen LogP contribution in [0.2, 0.25) is 10.0 Å². The standard InChI is InChI=1S/C13H10Cl2N2O/c14-10-7-4-8-11(15)12(10)13(18)17(16)9-5-2-1-3-6-9/h1-8H,16H2. The molecule has 92 valence electrons. The van der Waals surface area contributed by atoms with Crippen LogP contribution in [0.25, 0.3) is 0 Å². The molecule has 0 saturated carbocycles. The molecular formula is C13H10Cl2N2O. The Morgan fingerprint density at radius 2 is 1.50 bits per heavy atom. The zero-order valence-corrected chi connectivity index (χ0v) is 10.8. The first-order valence-corrected chi connectivity index (χ1v) is 5.95. The smallest absolute Gasteiger partial charge is 0.267 e. The summed E-state index contributed by atoms with van der Waals surface area (Å²) in [4.78, 5) is 12.2. The van der Waals surface area contributed by atoms with Crippen LogP contribution in [0.1, 0.15) is 10.4 Å². The van der Waals surface area contributed by atoms with Crippen molar-refractivity contribution in [1.29, 1.82) is 0 Å². The predicted molar refractivity (Wildman–Crippen MR) is 73.9 cm³/mol. The molecule has 0 spiro atoms. The molecule has 0 radical (unpaired) electrons. The van der Waals surface area contributed by atoms with Gasteiger partial charge in [-0.05, 0) is 24.3 Å². The molecule has 2 aromatic carbocycles. The molecule has 0 aromatic heterocycles. The SMILES string of the molecule is NN(C(=O)c1c(Cl)cccc1Cl)c1ccccc1. The molecule has 0 fully saturated rings. The number of hydrogen-bond acceptors (Lipinski definition) is 2. The Bertz CT molecular complexity index is 552. The van der Waals surface area contributed by atoms with E-state index < -0.39 is 5.91 Å². The number of carbonyl (C=O) groups excluding carboxylic acids is 1. The van der Waals surface area contributed by atoms with E-state index in [0.717, 1.165) is 5.01 Å². The zero-order valence-electron chi connectivity index (χ0n) is 9.31. The van der Waals surface area contributed by atoms with E-state index in [1.165, 1.54) is 0 Å². The predicted octanol–water partition coefficient (Wildman–Crippen LogP) is 3.51. The van der Waals surface area contributed by atoms with E-state index in [0.29, 0.717) is 5.69 Å². The molecule has 2 N–H and O–H groups in total. The summed E-state index contributed by atoms with van der Waals surface area (Å²) in [5.74, 6) is 5.33. The lowest BCUT2D eigenvalue weighted by Crippen LogP contribution is -2.37. The lowest BCUT2D eigenvalue weighted by atomic mass is 10.2. The number of benzene rings is 2. The van der Waals surface area contributed by atoms with Crippen molar-refractivity contribution in [2.24, 2.45) is 5.84 Å². The number of carbonyl (C=O) groups is 1. The summed E-state index contributed by atoms with van der Waals surface area (Å²) in [5.41, 5.74) is 0.769. The summed E-state index contributed by atoms with van der Waals surface area (Å²) in [6.07, 6.45) is 0. The van der Waals surface area contributed by atoms with Crippen molar-refractivity contribution in [2.75, 3.05) is 5.01 Å². The van der Waals surface area contributed by atoms with Crippen molar-refractivity contribution in [2.45, 2.75) is 0 Å². The minimum atomic E-state index is -0.447. The maximum absolute atomic E-state index is 12.2. The third-order valence-corrected chi connectivity index (χ3v) is 3.06. The quantitative estimate of drug-likeness (QED) is 0.520. The maximum Gasteiger partial charge on any atom is 0.275 e. The Kier molecular flexibility index (Phi) is 3.87. The molecule has 18 heavy (non-hydrogen) atoms. The molecule has 5 heteroatoms. The summed E-state index contributed by atoms with van der Waals surface area (Å²) in [6, 6.07) is 13.7. The molecule has 0 saturated heterocycles. The number of halogens is 2. The lowest BCUT2D eigenvalue weighted by Gasteiger charge is -2.17. The van der Waals surface area contributed by atoms with Crippen LogP contribution in [0.15, 0.2) is 48.5 Å². The van der Waals surface area contributed by atoms with Crippen LogP contribution in [0.5, 0.6) is 0 Å². The van der Waals surface area contributed by atoms with E-state index in [-0.39, 0.29) is 15.6 Å². The fraction of sp³-hybridized carbons (Fsp3) is 0. The van der Waals surface area contributed by atoms with Crippen LogP contribution in [0, 0.1) is 0 Å². The van der Waals surface area contributed by atoms with Crippen molar-refractivity contribution in [3.63, 3.8) is 0 Å². The van der Waals surface area contributed by atoms with Crippen molar-refractivity contribution < 1.29 is 4.79 Å². The monoisotopic (exact) mass is 280 g/mol. The molecule has 0 atom stereocenters. The highest BCUT2D eigenvalue weighted by molar-refractivity contribution is 6.40. The third kappa shape index (κ3) is 2.48. The van der Waals surface area contributed by atoms with Crippen LogP contribution in [0.3, 0.4) is 0 Å². The Labute approximate surface area is 115 Å². The van der Waals surface area contributed by atoms with Gasteiger partial charge in [0, 0.05) is 0 Å². The Hall–Kier alpha value is -1.55. The van der Waals surface area contributed by atoms with E-state index in [1.54, 1.807) is 42.5 Å². The molecule has 0 unspecified atom stereocenters. The normalized spacial score (nSPS) is 10.2. The van der Waals surface area contributed by atoms with Crippen LogP contribution in [0.4, 0.5) is 5.69 Å². The second kappa shape index (κ2) is 5.40. The molecule has 0 aliphatic heterocycles. The third-order valence-electron chi connectivity index (χ3n) is 2.43. The van der Waals surface area contributed by atoms with Gasteiger partial charge in [0.2, 0.25) is 0 Å². The second-order valence-electron chi connectivity index (χ2n) is 3.61. The van der Waals surface area contributed by atoms with E-state index in [2.05, 4.69) is 0 Å². The molecule has 2 aromatic rings. The van der Waals surface area contributed by atoms with Gasteiger partial charge in [0.1, 0.15) is 0 Å². The van der Waals surface area contributed by atoms with Gasteiger partial charge in [-0.3, -0.25) is 4.79 Å². The van der Waals surface area contributed by atoms with Gasteiger partial charge in [-0.1, -0.05) is 47.5 Å². The Morgan fingerprint density at radius 3 is 2.06 bits per heavy atom. The summed E-state index contributed by atoms with van der Waals surface area (Å²) in [7, 11) is 0. The van der Waals surface area contributed by atoms with E-state index >= 15 is 0 Å². The lowest BCUT2D eigenvalue weighted by molar-refractivity contribution is 0.0987. The first-order valence-electron chi connectivity index (χ1n) is 5.19. The van der Waals surface area contributed by atoms with Gasteiger partial charge in [-0.25, -0.2) is 10.9 Å². The number of rotatable bonds is 2. The molecule has 0 bridgehead atoms. The highest BCUT2D eigenvalue weighted by Crippen LogP contribution is 2.26. The van der Waals surface area contributed by atoms with Crippen LogP contribution < -0.4 is 10.9 Å². The first-order chi connectivity index (χ1) is 8.61. The molecule has 2 rings (SSSR count). The molecule has 3 nitrogen and oxygen atoms in total.